The van der Waals surface area contributed by atoms with Gasteiger partial charge in [0.25, 0.3) is 0 Å². The number of aromatic nitrogens is 1. The summed E-state index contributed by atoms with van der Waals surface area (Å²) in [6.07, 6.45) is 1.59. The summed E-state index contributed by atoms with van der Waals surface area (Å²) >= 11 is 5.97. The molecule has 6 nitrogen and oxygen atoms in total. The number of carbonyl (C=O) groups is 1. The number of methoxy groups -OCH3 is 1. The highest BCUT2D eigenvalue weighted by Crippen LogP contribution is 2.28. The Morgan fingerprint density at radius 1 is 1.20 bits per heavy atom. The molecule has 1 fully saturated rings. The van der Waals surface area contributed by atoms with Crippen molar-refractivity contribution in [3.63, 3.8) is 0 Å². The lowest BCUT2D eigenvalue weighted by Gasteiger charge is -2.36. The number of hydrogen-bond acceptors (Lipinski definition) is 5. The molecule has 1 aliphatic rings. The molecule has 0 aliphatic carbocycles. The van der Waals surface area contributed by atoms with Gasteiger partial charge in [-0.05, 0) is 24.3 Å². The lowest BCUT2D eigenvalue weighted by molar-refractivity contribution is -0.117. The summed E-state index contributed by atoms with van der Waals surface area (Å²) in [5, 5.41) is 3.11. The molecule has 0 saturated carbocycles. The predicted octanol–water partition coefficient (Wildman–Crippen LogP) is 2.50. The summed E-state index contributed by atoms with van der Waals surface area (Å²) in [5.41, 5.74) is 1.64. The number of nitrogens with one attached hydrogen (secondary N) is 1. The Hall–Kier alpha value is -2.31. The number of para-hydroxylation sites is 2. The van der Waals surface area contributed by atoms with Crippen molar-refractivity contribution in [2.75, 3.05) is 50.1 Å². The van der Waals surface area contributed by atoms with E-state index in [2.05, 4.69) is 26.2 Å². The number of amides is 1. The first kappa shape index (κ1) is 17.5. The van der Waals surface area contributed by atoms with E-state index >= 15 is 0 Å². The normalized spacial score (nSPS) is 15.0. The van der Waals surface area contributed by atoms with Crippen LogP contribution in [0.15, 0.2) is 42.6 Å². The second-order valence-corrected chi connectivity index (χ2v) is 6.18. The largest absolute Gasteiger partial charge is 0.495 e. The molecule has 1 saturated heterocycles. The summed E-state index contributed by atoms with van der Waals surface area (Å²) in [6, 6.07) is 11.5. The van der Waals surface area contributed by atoms with Crippen molar-refractivity contribution in [2.45, 2.75) is 0 Å². The highest BCUT2D eigenvalue weighted by atomic mass is 35.5. The summed E-state index contributed by atoms with van der Waals surface area (Å²) in [5.74, 6) is 0.792. The van der Waals surface area contributed by atoms with E-state index in [1.165, 1.54) is 0 Å². The van der Waals surface area contributed by atoms with Crippen LogP contribution in [0.3, 0.4) is 0 Å². The summed E-state index contributed by atoms with van der Waals surface area (Å²) in [7, 11) is 1.68. The van der Waals surface area contributed by atoms with E-state index < -0.39 is 0 Å². The fraction of sp³-hybridized carbons (Fsp3) is 0.333. The maximum absolute atomic E-state index is 12.2. The van der Waals surface area contributed by atoms with Crippen LogP contribution in [0.25, 0.3) is 0 Å². The molecule has 1 N–H and O–H groups in total. The fourth-order valence-corrected chi connectivity index (χ4v) is 3.08. The molecule has 3 rings (SSSR count). The Bertz CT molecular complexity index is 733. The quantitative estimate of drug-likeness (QED) is 0.830. The van der Waals surface area contributed by atoms with Crippen LogP contribution in [-0.2, 0) is 4.79 Å². The van der Waals surface area contributed by atoms with Gasteiger partial charge in [-0.25, -0.2) is 4.98 Å². The zero-order valence-electron chi connectivity index (χ0n) is 14.1. The number of benzene rings is 1. The van der Waals surface area contributed by atoms with Gasteiger partial charge in [-0.15, -0.1) is 0 Å². The van der Waals surface area contributed by atoms with Crippen molar-refractivity contribution < 1.29 is 9.53 Å². The lowest BCUT2D eigenvalue weighted by atomic mass is 10.2. The van der Waals surface area contributed by atoms with Crippen molar-refractivity contribution in [1.82, 2.24) is 9.88 Å². The van der Waals surface area contributed by atoms with Crippen LogP contribution in [-0.4, -0.2) is 55.6 Å². The number of halogens is 1. The van der Waals surface area contributed by atoms with Gasteiger partial charge in [0.05, 0.1) is 25.0 Å². The van der Waals surface area contributed by atoms with Gasteiger partial charge in [-0.3, -0.25) is 9.69 Å². The average molecular weight is 361 g/mol. The first-order valence-corrected chi connectivity index (χ1v) is 8.56. The highest BCUT2D eigenvalue weighted by molar-refractivity contribution is 6.32. The molecule has 1 aromatic heterocycles. The van der Waals surface area contributed by atoms with Gasteiger partial charge in [-0.1, -0.05) is 23.7 Å². The second kappa shape index (κ2) is 8.18. The maximum atomic E-state index is 12.2. The third-order valence-electron chi connectivity index (χ3n) is 4.20. The molecule has 0 unspecified atom stereocenters. The van der Waals surface area contributed by atoms with E-state index in [0.29, 0.717) is 17.4 Å². The Kier molecular flexibility index (Phi) is 5.73. The molecule has 1 amide bonds. The van der Waals surface area contributed by atoms with Gasteiger partial charge in [0.1, 0.15) is 5.75 Å². The summed E-state index contributed by atoms with van der Waals surface area (Å²) < 4.78 is 5.43. The molecule has 132 valence electrons. The standard InChI is InChI=1S/C18H21ClN4O2/c1-25-16-7-3-2-6-15(16)23-11-9-22(10-12-23)13-17(24)21-14-5-4-8-20-18(14)19/h2-8H,9-13H2,1H3,(H,21,24). The molecule has 2 aromatic rings. The predicted molar refractivity (Wildman–Crippen MR) is 99.5 cm³/mol. The van der Waals surface area contributed by atoms with Gasteiger partial charge in [-0.2, -0.15) is 0 Å². The summed E-state index contributed by atoms with van der Waals surface area (Å²) in [6.45, 7) is 3.66. The topological polar surface area (TPSA) is 57.7 Å². The number of pyridine rings is 1. The van der Waals surface area contributed by atoms with E-state index in [1.54, 1.807) is 25.4 Å². The monoisotopic (exact) mass is 360 g/mol. The van der Waals surface area contributed by atoms with E-state index in [-0.39, 0.29) is 5.91 Å². The Labute approximate surface area is 152 Å². The van der Waals surface area contributed by atoms with Gasteiger partial charge in [0, 0.05) is 32.4 Å². The number of piperazine rings is 1. The first-order valence-electron chi connectivity index (χ1n) is 8.18. The van der Waals surface area contributed by atoms with Crippen molar-refractivity contribution >= 4 is 28.9 Å². The van der Waals surface area contributed by atoms with Crippen molar-refractivity contribution in [3.05, 3.63) is 47.7 Å². The third-order valence-corrected chi connectivity index (χ3v) is 4.50. The molecule has 1 aromatic carbocycles. The van der Waals surface area contributed by atoms with Crippen LogP contribution in [0.2, 0.25) is 5.15 Å². The van der Waals surface area contributed by atoms with Crippen molar-refractivity contribution in [3.8, 4) is 5.75 Å². The smallest absolute Gasteiger partial charge is 0.238 e. The molecule has 1 aliphatic heterocycles. The number of ether oxygens (including phenoxy) is 1. The highest BCUT2D eigenvalue weighted by Gasteiger charge is 2.21. The molecule has 0 radical (unpaired) electrons. The van der Waals surface area contributed by atoms with Gasteiger partial charge in [0.2, 0.25) is 5.91 Å². The van der Waals surface area contributed by atoms with Crippen LogP contribution in [0.1, 0.15) is 0 Å². The van der Waals surface area contributed by atoms with Crippen LogP contribution >= 0.6 is 11.6 Å². The lowest BCUT2D eigenvalue weighted by Crippen LogP contribution is -2.48. The molecular weight excluding hydrogens is 340 g/mol. The number of anilines is 2. The van der Waals surface area contributed by atoms with E-state index in [1.807, 2.05) is 18.2 Å². The Morgan fingerprint density at radius 2 is 1.96 bits per heavy atom. The zero-order chi connectivity index (χ0) is 17.6. The van der Waals surface area contributed by atoms with E-state index in [9.17, 15) is 4.79 Å². The molecule has 0 bridgehead atoms. The van der Waals surface area contributed by atoms with Crippen molar-refractivity contribution in [1.29, 1.82) is 0 Å². The van der Waals surface area contributed by atoms with Gasteiger partial charge >= 0.3 is 0 Å². The fourth-order valence-electron chi connectivity index (χ4n) is 2.91. The van der Waals surface area contributed by atoms with E-state index in [0.717, 1.165) is 37.6 Å². The van der Waals surface area contributed by atoms with Gasteiger partial charge in [0.15, 0.2) is 5.15 Å². The molecule has 0 atom stereocenters. The minimum absolute atomic E-state index is 0.0827. The Morgan fingerprint density at radius 3 is 2.68 bits per heavy atom. The second-order valence-electron chi connectivity index (χ2n) is 5.82. The number of nitrogens with zero attached hydrogens (tertiary/aromatic N) is 3. The number of carbonyl (C=O) groups excluding carboxylic acids is 1. The van der Waals surface area contributed by atoms with Crippen LogP contribution < -0.4 is 15.0 Å². The van der Waals surface area contributed by atoms with Gasteiger partial charge < -0.3 is 15.0 Å². The molecule has 0 spiro atoms. The van der Waals surface area contributed by atoms with Crippen LogP contribution in [0, 0.1) is 0 Å². The average Bonchev–Trinajstić information content (AvgIpc) is 2.64. The van der Waals surface area contributed by atoms with E-state index in [4.69, 9.17) is 16.3 Å². The molecule has 2 heterocycles. The molecule has 7 heteroatoms. The first-order chi connectivity index (χ1) is 12.2. The third kappa shape index (κ3) is 4.41. The molecule has 25 heavy (non-hydrogen) atoms. The van der Waals surface area contributed by atoms with Crippen molar-refractivity contribution in [2.24, 2.45) is 0 Å². The maximum Gasteiger partial charge on any atom is 0.238 e. The number of hydrogen-bond donors (Lipinski definition) is 1. The van der Waals surface area contributed by atoms with Crippen LogP contribution in [0.5, 0.6) is 5.75 Å². The SMILES string of the molecule is COc1ccccc1N1CCN(CC(=O)Nc2cccnc2Cl)CC1. The van der Waals surface area contributed by atoms with Crippen LogP contribution in [0.4, 0.5) is 11.4 Å². The summed E-state index contributed by atoms with van der Waals surface area (Å²) in [4.78, 5) is 20.6. The molecular formula is C18H21ClN4O2. The minimum Gasteiger partial charge on any atom is -0.495 e. The number of rotatable bonds is 5. The minimum atomic E-state index is -0.0827. The zero-order valence-corrected chi connectivity index (χ0v) is 14.9. The Balaban J connectivity index is 1.52.